The Morgan fingerprint density at radius 2 is 1.51 bits per heavy atom. The van der Waals surface area contributed by atoms with Crippen molar-refractivity contribution in [1.82, 2.24) is 40.9 Å². The molecule has 0 spiro atoms. The molecule has 53 heavy (non-hydrogen) atoms. The number of hydrogen-bond donors (Lipinski definition) is 8. The number of pyridine rings is 2. The molecule has 1 fully saturated rings. The number of nitrogens with one attached hydrogen (secondary N) is 4. The highest BCUT2D eigenvalue weighted by Gasteiger charge is 2.40. The fourth-order valence-corrected chi connectivity index (χ4v) is 5.02. The van der Waals surface area contributed by atoms with Gasteiger partial charge >= 0.3 is 20.1 Å². The molecule has 3 amide bonds. The number of hydrogen-bond acceptors (Lipinski definition) is 17. The van der Waals surface area contributed by atoms with Gasteiger partial charge in [0, 0.05) is 40.7 Å². The number of hydroxylamine groups is 1. The molecule has 4 aromatic rings. The van der Waals surface area contributed by atoms with Gasteiger partial charge in [0.05, 0.1) is 11.4 Å². The Balaban J connectivity index is 0.000000242. The van der Waals surface area contributed by atoms with Crippen molar-refractivity contribution in [3.8, 4) is 21.1 Å². The van der Waals surface area contributed by atoms with Gasteiger partial charge in [-0.3, -0.25) is 29.1 Å². The summed E-state index contributed by atoms with van der Waals surface area (Å²) in [7, 11) is 8.39. The summed E-state index contributed by atoms with van der Waals surface area (Å²) in [6.45, 7) is 4.98. The summed E-state index contributed by atoms with van der Waals surface area (Å²) in [5.41, 5.74) is 8.77. The molecule has 9 N–H and O–H groups in total. The van der Waals surface area contributed by atoms with Gasteiger partial charge in [0.15, 0.2) is 11.6 Å². The first-order chi connectivity index (χ1) is 25.1. The highest BCUT2D eigenvalue weighted by atomic mass is 32.1. The number of nitrogens with two attached hydrogens (primary N) is 1. The summed E-state index contributed by atoms with van der Waals surface area (Å²) < 4.78 is 0. The third-order valence-electron chi connectivity index (χ3n) is 6.30. The molecule has 19 nitrogen and oxygen atoms in total. The number of carboxylic acids is 1. The van der Waals surface area contributed by atoms with Crippen LogP contribution >= 0.6 is 22.7 Å². The molecule has 0 saturated carbocycles. The molecule has 25 heteroatoms. The lowest BCUT2D eigenvalue weighted by Crippen LogP contribution is -2.41. The quantitative estimate of drug-likeness (QED) is 0.0492. The standard InChI is InChI=1S/C14H15B2N5O4S.C10H13BN4O2S.C4H6BNO3/c1-8(18-14(15)23)12(22)19-11-6-26-13(20-11)9-2-3-10(17-4-9)5-25-21-7-16(21)24;1-11(16)15-17-5-8-3-2-7(4-13-8)10-14-9(12)6-18-10;1-2(3(7)8)6-4(5)9/h2-4,6,8,24H,5,7H2,1H3,(H,18,23)(H,19,22);2-4,6,15-16H,5,12H2,1H3;2H,1H3,(H,6,9)(H,7,8)/t8-,21?;;2-/m0.0/s1. The van der Waals surface area contributed by atoms with Gasteiger partial charge in [-0.05, 0) is 44.9 Å². The fraction of sp³-hybridized carbons (Fsp3) is 0.286. The minimum Gasteiger partial charge on any atom is -0.480 e. The molecule has 1 aliphatic heterocycles. The number of carboxylic acid groups (broad SMARTS) is 1. The number of nitrogens with zero attached hydrogens (tertiary/aromatic N) is 5. The molecule has 274 valence electrons. The van der Waals surface area contributed by atoms with Crippen molar-refractivity contribution in [3.05, 3.63) is 58.8 Å². The molecule has 1 unspecified atom stereocenters. The van der Waals surface area contributed by atoms with Crippen LogP contribution in [0, 0.1) is 0 Å². The van der Waals surface area contributed by atoms with Gasteiger partial charge < -0.3 is 46.5 Å². The zero-order valence-electron chi connectivity index (χ0n) is 28.6. The molecule has 5 heterocycles. The zero-order chi connectivity index (χ0) is 39.1. The van der Waals surface area contributed by atoms with Gasteiger partial charge in [-0.1, -0.05) is 0 Å². The van der Waals surface area contributed by atoms with Crippen LogP contribution in [0.2, 0.25) is 6.82 Å². The topological polar surface area (TPSA) is 276 Å². The van der Waals surface area contributed by atoms with Crippen molar-refractivity contribution in [2.45, 2.75) is 46.0 Å². The summed E-state index contributed by atoms with van der Waals surface area (Å²) in [6, 6.07) is 5.74. The van der Waals surface area contributed by atoms with Crippen molar-refractivity contribution in [2.75, 3.05) is 17.5 Å². The third-order valence-corrected chi connectivity index (χ3v) is 8.10. The number of amides is 3. The molecule has 5 rings (SSSR count). The maximum Gasteiger partial charge on any atom is 0.420 e. The number of anilines is 2. The number of thiazole rings is 2. The Kier molecular flexibility index (Phi) is 17.0. The van der Waals surface area contributed by atoms with Crippen LogP contribution in [0.5, 0.6) is 0 Å². The van der Waals surface area contributed by atoms with E-state index in [1.807, 2.05) is 29.6 Å². The minimum atomic E-state index is -1.10. The van der Waals surface area contributed by atoms with E-state index in [9.17, 15) is 19.2 Å². The predicted molar refractivity (Wildman–Crippen MR) is 200 cm³/mol. The summed E-state index contributed by atoms with van der Waals surface area (Å²) >= 11 is 2.83. The van der Waals surface area contributed by atoms with Gasteiger partial charge in [0.25, 0.3) is 0 Å². The summed E-state index contributed by atoms with van der Waals surface area (Å²) in [4.78, 5) is 71.5. The lowest BCUT2D eigenvalue weighted by atomic mass is 9.92. The van der Waals surface area contributed by atoms with Crippen LogP contribution in [0.1, 0.15) is 25.2 Å². The normalized spacial score (nSPS) is 13.9. The van der Waals surface area contributed by atoms with Crippen LogP contribution in [-0.4, -0.2) is 112 Å². The van der Waals surface area contributed by atoms with Gasteiger partial charge in [0.2, 0.25) is 21.6 Å². The van der Waals surface area contributed by atoms with E-state index in [0.717, 1.165) is 27.5 Å². The molecular weight excluding hydrogens is 728 g/mol. The summed E-state index contributed by atoms with van der Waals surface area (Å²) in [5, 5.41) is 40.6. The zero-order valence-corrected chi connectivity index (χ0v) is 30.3. The second-order valence-corrected chi connectivity index (χ2v) is 12.6. The molecule has 0 bridgehead atoms. The number of aromatic nitrogens is 4. The summed E-state index contributed by atoms with van der Waals surface area (Å²) in [6.07, 6.45) is 3.90. The Morgan fingerprint density at radius 3 is 1.96 bits per heavy atom. The Morgan fingerprint density at radius 1 is 0.962 bits per heavy atom. The molecule has 0 aromatic carbocycles. The van der Waals surface area contributed by atoms with E-state index in [-0.39, 0.29) is 13.2 Å². The molecule has 3 atom stereocenters. The van der Waals surface area contributed by atoms with Crippen molar-refractivity contribution in [2.24, 2.45) is 0 Å². The molecule has 4 radical (unpaired) electrons. The monoisotopic (exact) mass is 762 g/mol. The Labute approximate surface area is 315 Å². The van der Waals surface area contributed by atoms with Crippen molar-refractivity contribution >= 4 is 87.6 Å². The number of carbonyl (C=O) groups is 4. The smallest absolute Gasteiger partial charge is 0.420 e. The lowest BCUT2D eigenvalue weighted by molar-refractivity contribution is -0.138. The van der Waals surface area contributed by atoms with E-state index in [0.29, 0.717) is 23.1 Å². The maximum atomic E-state index is 11.9. The van der Waals surface area contributed by atoms with Gasteiger partial charge in [-0.2, -0.15) is 4.97 Å². The van der Waals surface area contributed by atoms with E-state index >= 15 is 0 Å². The first-order valence-electron chi connectivity index (χ1n) is 15.5. The lowest BCUT2D eigenvalue weighted by Gasteiger charge is -2.11. The Hall–Kier alpha value is -4.74. The second kappa shape index (κ2) is 21.1. The maximum absolute atomic E-state index is 11.9. The predicted octanol–water partition coefficient (Wildman–Crippen LogP) is 0.434. The summed E-state index contributed by atoms with van der Waals surface area (Å²) in [5.74, 6) is -2.21. The average Bonchev–Trinajstić information content (AvgIpc) is 3.40. The van der Waals surface area contributed by atoms with E-state index in [4.69, 9.17) is 38.4 Å². The SMILES string of the molecule is CB(O)NOCc1ccc(-c2nc(N)cs2)cn1.[B]C(=O)N[C@@H](C)C(=O)Nc1csc(-c2ccc(CON3CB3O)nc2)n1.[B]C(=O)N[C@@H](C)C(=O)O. The van der Waals surface area contributed by atoms with Crippen LogP contribution < -0.4 is 27.1 Å². The number of nitrogen functional groups attached to an aromatic ring is 1. The minimum absolute atomic E-state index is 0.279. The van der Waals surface area contributed by atoms with Gasteiger partial charge in [0.1, 0.15) is 46.9 Å². The van der Waals surface area contributed by atoms with E-state index in [1.165, 1.54) is 41.5 Å². The highest BCUT2D eigenvalue weighted by Crippen LogP contribution is 2.26. The van der Waals surface area contributed by atoms with Crippen molar-refractivity contribution < 1.29 is 44.0 Å². The van der Waals surface area contributed by atoms with Crippen molar-refractivity contribution in [1.29, 1.82) is 0 Å². The number of aliphatic carboxylic acids is 1. The van der Waals surface area contributed by atoms with Crippen LogP contribution in [0.15, 0.2) is 47.4 Å². The van der Waals surface area contributed by atoms with Crippen LogP contribution in [-0.2, 0) is 32.5 Å². The average molecular weight is 762 g/mol. The molecule has 1 aliphatic rings. The fourth-order valence-electron chi connectivity index (χ4n) is 3.58. The van der Waals surface area contributed by atoms with Crippen LogP contribution in [0.4, 0.5) is 21.2 Å². The highest BCUT2D eigenvalue weighted by molar-refractivity contribution is 7.13. The second-order valence-electron chi connectivity index (χ2n) is 10.9. The van der Waals surface area contributed by atoms with Gasteiger partial charge in [-0.25, -0.2) is 15.4 Å². The molecule has 1 saturated heterocycles. The van der Waals surface area contributed by atoms with Gasteiger partial charge in [-0.15, -0.1) is 22.7 Å². The molecular formula is C28H34B4N10O9S2. The third kappa shape index (κ3) is 15.8. The largest absolute Gasteiger partial charge is 0.480 e. The van der Waals surface area contributed by atoms with Crippen LogP contribution in [0.25, 0.3) is 21.1 Å². The first kappa shape index (κ1) is 42.7. The number of rotatable bonds is 14. The van der Waals surface area contributed by atoms with E-state index in [1.54, 1.807) is 30.0 Å². The number of carbonyl (C=O) groups excluding carboxylic acids is 3. The van der Waals surface area contributed by atoms with Crippen LogP contribution in [0.3, 0.4) is 0 Å². The van der Waals surface area contributed by atoms with E-state index in [2.05, 4.69) is 43.8 Å². The first-order valence-corrected chi connectivity index (χ1v) is 17.2. The van der Waals surface area contributed by atoms with E-state index < -0.39 is 49.7 Å². The molecule has 0 aliphatic carbocycles. The Bertz CT molecular complexity index is 1810. The molecule has 4 aromatic heterocycles. The van der Waals surface area contributed by atoms with Crippen molar-refractivity contribution in [3.63, 3.8) is 0 Å².